The first kappa shape index (κ1) is 16.8. The molecule has 0 saturated heterocycles. The van der Waals surface area contributed by atoms with Crippen molar-refractivity contribution in [1.29, 1.82) is 0 Å². The van der Waals surface area contributed by atoms with E-state index in [9.17, 15) is 10.1 Å². The van der Waals surface area contributed by atoms with Gasteiger partial charge in [0.25, 0.3) is 0 Å². The van der Waals surface area contributed by atoms with E-state index in [1.54, 1.807) is 12.1 Å². The highest BCUT2D eigenvalue weighted by Crippen LogP contribution is 2.28. The van der Waals surface area contributed by atoms with Gasteiger partial charge in [0.1, 0.15) is 6.61 Å². The Morgan fingerprint density at radius 2 is 2.25 bits per heavy atom. The van der Waals surface area contributed by atoms with Crippen molar-refractivity contribution >= 4 is 28.9 Å². The van der Waals surface area contributed by atoms with Gasteiger partial charge in [0.2, 0.25) is 0 Å². The Bertz CT molecular complexity index is 504. The Labute approximate surface area is 127 Å². The Kier molecular flexibility index (Phi) is 6.78. The zero-order valence-electron chi connectivity index (χ0n) is 11.2. The fourth-order valence-electron chi connectivity index (χ4n) is 1.44. The zero-order chi connectivity index (χ0) is 15.1. The molecule has 0 aromatic heterocycles. The zero-order valence-corrected chi connectivity index (χ0v) is 12.7. The van der Waals surface area contributed by atoms with Crippen LogP contribution in [-0.2, 0) is 6.54 Å². The molecule has 5 nitrogen and oxygen atoms in total. The average molecular weight is 319 g/mol. The van der Waals surface area contributed by atoms with Crippen molar-refractivity contribution in [1.82, 2.24) is 5.32 Å². The second-order valence-corrected chi connectivity index (χ2v) is 5.14. The van der Waals surface area contributed by atoms with Gasteiger partial charge >= 0.3 is 5.69 Å². The molecule has 1 aromatic rings. The van der Waals surface area contributed by atoms with Crippen molar-refractivity contribution in [2.24, 2.45) is 0 Å². The molecular weight excluding hydrogens is 303 g/mol. The number of ether oxygens (including phenoxy) is 1. The SMILES string of the molecule is CC(C)NCc1ccc([N+](=O)[O-])c(OCC(Cl)=CCl)c1. The molecule has 20 heavy (non-hydrogen) atoms. The van der Waals surface area contributed by atoms with E-state index in [0.29, 0.717) is 12.6 Å². The van der Waals surface area contributed by atoms with E-state index < -0.39 is 4.92 Å². The standard InChI is InChI=1S/C13H16Cl2N2O3/c1-9(2)16-7-10-3-4-12(17(18)19)13(5-10)20-8-11(15)6-14/h3-6,9,16H,7-8H2,1-2H3. The van der Waals surface area contributed by atoms with E-state index in [1.165, 1.54) is 6.07 Å². The third-order valence-corrected chi connectivity index (χ3v) is 3.01. The summed E-state index contributed by atoms with van der Waals surface area (Å²) in [5, 5.41) is 14.4. The highest BCUT2D eigenvalue weighted by molar-refractivity contribution is 6.36. The molecule has 0 bridgehead atoms. The van der Waals surface area contributed by atoms with Crippen molar-refractivity contribution in [3.05, 3.63) is 44.4 Å². The van der Waals surface area contributed by atoms with Crippen LogP contribution in [0.5, 0.6) is 5.75 Å². The van der Waals surface area contributed by atoms with Crippen LogP contribution in [0.2, 0.25) is 0 Å². The largest absolute Gasteiger partial charge is 0.481 e. The van der Waals surface area contributed by atoms with E-state index in [-0.39, 0.29) is 23.1 Å². The summed E-state index contributed by atoms with van der Waals surface area (Å²) >= 11 is 11.1. The van der Waals surface area contributed by atoms with Crippen molar-refractivity contribution in [2.75, 3.05) is 6.61 Å². The lowest BCUT2D eigenvalue weighted by molar-refractivity contribution is -0.385. The smallest absolute Gasteiger partial charge is 0.310 e. The van der Waals surface area contributed by atoms with Gasteiger partial charge in [0, 0.05) is 24.2 Å². The van der Waals surface area contributed by atoms with Crippen LogP contribution < -0.4 is 10.1 Å². The molecule has 0 atom stereocenters. The van der Waals surface area contributed by atoms with Crippen LogP contribution in [0.4, 0.5) is 5.69 Å². The third kappa shape index (κ3) is 5.36. The Balaban J connectivity index is 2.90. The maximum atomic E-state index is 10.9. The highest BCUT2D eigenvalue weighted by atomic mass is 35.5. The molecule has 110 valence electrons. The fraction of sp³-hybridized carbons (Fsp3) is 0.385. The maximum Gasteiger partial charge on any atom is 0.310 e. The van der Waals surface area contributed by atoms with Crippen LogP contribution in [0.1, 0.15) is 19.4 Å². The summed E-state index contributed by atoms with van der Waals surface area (Å²) in [5.41, 5.74) is 1.96. The second-order valence-electron chi connectivity index (χ2n) is 4.44. The molecule has 0 heterocycles. The van der Waals surface area contributed by atoms with Gasteiger partial charge in [-0.1, -0.05) is 43.1 Å². The number of hydrogen-bond acceptors (Lipinski definition) is 4. The minimum absolute atomic E-state index is 0.00699. The van der Waals surface area contributed by atoms with Gasteiger partial charge in [-0.15, -0.1) is 0 Å². The average Bonchev–Trinajstić information content (AvgIpc) is 2.42. The molecular formula is C13H16Cl2N2O3. The molecule has 0 fully saturated rings. The minimum atomic E-state index is -0.493. The van der Waals surface area contributed by atoms with Crippen LogP contribution in [0.3, 0.4) is 0 Å². The topological polar surface area (TPSA) is 64.4 Å². The summed E-state index contributed by atoms with van der Waals surface area (Å²) in [6.45, 7) is 4.64. The van der Waals surface area contributed by atoms with E-state index >= 15 is 0 Å². The highest BCUT2D eigenvalue weighted by Gasteiger charge is 2.16. The van der Waals surface area contributed by atoms with E-state index in [4.69, 9.17) is 27.9 Å². The Morgan fingerprint density at radius 3 is 2.80 bits per heavy atom. The number of hydrogen-bond donors (Lipinski definition) is 1. The summed E-state index contributed by atoms with van der Waals surface area (Å²) in [6.07, 6.45) is 0. The van der Waals surface area contributed by atoms with Crippen molar-refractivity contribution in [3.8, 4) is 5.75 Å². The Morgan fingerprint density at radius 1 is 1.55 bits per heavy atom. The predicted molar refractivity (Wildman–Crippen MR) is 80.4 cm³/mol. The molecule has 0 aliphatic carbocycles. The lowest BCUT2D eigenvalue weighted by atomic mass is 10.2. The number of nitro groups is 1. The molecule has 0 spiro atoms. The van der Waals surface area contributed by atoms with Crippen LogP contribution in [0.15, 0.2) is 28.8 Å². The van der Waals surface area contributed by atoms with Gasteiger partial charge in [-0.25, -0.2) is 0 Å². The molecule has 0 aliphatic heterocycles. The van der Waals surface area contributed by atoms with E-state index in [1.807, 2.05) is 13.8 Å². The summed E-state index contributed by atoms with van der Waals surface area (Å²) in [4.78, 5) is 10.5. The lowest BCUT2D eigenvalue weighted by Gasteiger charge is -2.10. The van der Waals surface area contributed by atoms with Gasteiger partial charge in [0.15, 0.2) is 5.75 Å². The fourth-order valence-corrected chi connectivity index (χ4v) is 1.55. The summed E-state index contributed by atoms with van der Waals surface area (Å²) < 4.78 is 5.34. The quantitative estimate of drug-likeness (QED) is 0.613. The van der Waals surface area contributed by atoms with Crippen molar-refractivity contribution in [2.45, 2.75) is 26.4 Å². The van der Waals surface area contributed by atoms with Crippen LogP contribution in [0, 0.1) is 10.1 Å². The van der Waals surface area contributed by atoms with Crippen LogP contribution in [-0.4, -0.2) is 17.6 Å². The summed E-state index contributed by atoms with van der Waals surface area (Å²) in [6, 6.07) is 5.07. The first-order chi connectivity index (χ1) is 9.43. The van der Waals surface area contributed by atoms with Gasteiger partial charge in [-0.2, -0.15) is 0 Å². The molecule has 1 N–H and O–H groups in total. The monoisotopic (exact) mass is 318 g/mol. The second kappa shape index (κ2) is 8.09. The lowest BCUT2D eigenvalue weighted by Crippen LogP contribution is -2.21. The number of benzene rings is 1. The van der Waals surface area contributed by atoms with Crippen LogP contribution >= 0.6 is 23.2 Å². The molecule has 0 aliphatic rings. The molecule has 7 heteroatoms. The maximum absolute atomic E-state index is 10.9. The van der Waals surface area contributed by atoms with Crippen molar-refractivity contribution < 1.29 is 9.66 Å². The summed E-state index contributed by atoms with van der Waals surface area (Å²) in [7, 11) is 0. The van der Waals surface area contributed by atoms with Crippen LogP contribution in [0.25, 0.3) is 0 Å². The normalized spacial score (nSPS) is 11.8. The predicted octanol–water partition coefficient (Wildman–Crippen LogP) is 3.79. The van der Waals surface area contributed by atoms with Gasteiger partial charge in [-0.05, 0) is 11.6 Å². The number of nitrogens with zero attached hydrogens (tertiary/aromatic N) is 1. The molecule has 0 saturated carbocycles. The minimum Gasteiger partial charge on any atom is -0.481 e. The number of nitrogens with one attached hydrogen (secondary N) is 1. The number of halogens is 2. The Hall–Kier alpha value is -1.30. The third-order valence-electron chi connectivity index (χ3n) is 2.42. The van der Waals surface area contributed by atoms with E-state index in [0.717, 1.165) is 11.1 Å². The molecule has 1 aromatic carbocycles. The van der Waals surface area contributed by atoms with Gasteiger partial charge in [0.05, 0.1) is 9.96 Å². The van der Waals surface area contributed by atoms with E-state index in [2.05, 4.69) is 5.32 Å². The molecule has 0 radical (unpaired) electrons. The first-order valence-corrected chi connectivity index (χ1v) is 6.83. The summed E-state index contributed by atoms with van der Waals surface area (Å²) in [5.74, 6) is 0.176. The molecule has 1 rings (SSSR count). The molecule has 0 unspecified atom stereocenters. The van der Waals surface area contributed by atoms with Gasteiger partial charge in [-0.3, -0.25) is 10.1 Å². The number of nitro benzene ring substituents is 1. The number of rotatable bonds is 7. The first-order valence-electron chi connectivity index (χ1n) is 6.02. The van der Waals surface area contributed by atoms with Crippen molar-refractivity contribution in [3.63, 3.8) is 0 Å². The molecule has 0 amide bonds. The van der Waals surface area contributed by atoms with Gasteiger partial charge < -0.3 is 10.1 Å².